The average molecular weight is 563 g/mol. The molecule has 4 rings (SSSR count). The van der Waals surface area contributed by atoms with Crippen molar-refractivity contribution in [1.82, 2.24) is 15.3 Å². The summed E-state index contributed by atoms with van der Waals surface area (Å²) >= 11 is 2.14. The highest BCUT2D eigenvalue weighted by atomic mass is 127. The van der Waals surface area contributed by atoms with Crippen LogP contribution in [0.25, 0.3) is 10.9 Å². The molecule has 7 nitrogen and oxygen atoms in total. The predicted octanol–water partition coefficient (Wildman–Crippen LogP) is 5.16. The van der Waals surface area contributed by atoms with Gasteiger partial charge in [-0.05, 0) is 78.1 Å². The van der Waals surface area contributed by atoms with Crippen LogP contribution in [-0.2, 0) is 6.54 Å². The summed E-state index contributed by atoms with van der Waals surface area (Å²) in [5.74, 6) is 2.37. The van der Waals surface area contributed by atoms with E-state index in [4.69, 9.17) is 14.7 Å². The molecule has 1 saturated carbocycles. The third-order valence-electron chi connectivity index (χ3n) is 5.97. The van der Waals surface area contributed by atoms with E-state index >= 15 is 0 Å². The minimum atomic E-state index is 0. The van der Waals surface area contributed by atoms with Gasteiger partial charge in [-0.15, -0.1) is 0 Å². The van der Waals surface area contributed by atoms with Crippen molar-refractivity contribution in [3.63, 3.8) is 0 Å². The number of phenols is 1. The van der Waals surface area contributed by atoms with Gasteiger partial charge in [-0.25, -0.2) is 4.98 Å². The number of fused-ring (bicyclic) bond motifs is 1. The lowest BCUT2D eigenvalue weighted by molar-refractivity contribution is 0.350. The number of benzene rings is 2. The van der Waals surface area contributed by atoms with Gasteiger partial charge in [0.25, 0.3) is 0 Å². The molecule has 0 spiro atoms. The Hall–Kier alpha value is -2.33. The Morgan fingerprint density at radius 2 is 1.79 bits per heavy atom. The van der Waals surface area contributed by atoms with Crippen molar-refractivity contribution in [2.45, 2.75) is 51.7 Å². The number of methoxy groups -OCH3 is 1. The van der Waals surface area contributed by atoms with Crippen LogP contribution in [0.2, 0.25) is 0 Å². The molecule has 8 heteroatoms. The quantitative estimate of drug-likeness (QED) is 0.343. The highest BCUT2D eigenvalue weighted by Crippen LogP contribution is 2.32. The molecule has 0 aliphatic heterocycles. The molecule has 1 heterocycles. The lowest BCUT2D eigenvalue weighted by Gasteiger charge is -2.30. The lowest BCUT2D eigenvalue weighted by Crippen LogP contribution is -2.37. The molecular formula is C25H34IN5O2. The summed E-state index contributed by atoms with van der Waals surface area (Å²) in [5, 5.41) is 18.3. The second kappa shape index (κ2) is 11.2. The first-order valence-corrected chi connectivity index (χ1v) is 12.0. The zero-order valence-electron chi connectivity index (χ0n) is 18.7. The van der Waals surface area contributed by atoms with Crippen LogP contribution in [0.3, 0.4) is 0 Å². The maximum Gasteiger partial charge on any atom is 0.225 e. The molecule has 0 radical (unpaired) electrons. The summed E-state index contributed by atoms with van der Waals surface area (Å²) in [5.41, 5.74) is 2.08. The summed E-state index contributed by atoms with van der Waals surface area (Å²) in [7, 11) is 5.61. The number of aromatic hydroxyl groups is 1. The van der Waals surface area contributed by atoms with Crippen LogP contribution in [0, 0.1) is 3.57 Å². The van der Waals surface area contributed by atoms with Crippen LogP contribution >= 0.6 is 22.6 Å². The molecule has 1 fully saturated rings. The van der Waals surface area contributed by atoms with E-state index in [0.29, 0.717) is 23.8 Å². The number of hydrogen-bond donors (Lipinski definition) is 3. The summed E-state index contributed by atoms with van der Waals surface area (Å²) in [4.78, 5) is 11.6. The first-order valence-electron chi connectivity index (χ1n) is 10.9. The minimum absolute atomic E-state index is 0. The van der Waals surface area contributed by atoms with Crippen LogP contribution in [0.15, 0.2) is 36.4 Å². The topological polar surface area (TPSA) is 82.5 Å². The smallest absolute Gasteiger partial charge is 0.225 e. The molecule has 3 aromatic rings. The zero-order chi connectivity index (χ0) is 22.7. The number of rotatable bonds is 7. The Morgan fingerprint density at radius 1 is 1.09 bits per heavy atom. The number of phenolic OH excluding ortho intramolecular Hbond substituents is 1. The van der Waals surface area contributed by atoms with Gasteiger partial charge in [0, 0.05) is 38.1 Å². The van der Waals surface area contributed by atoms with Crippen LogP contribution in [-0.4, -0.2) is 48.4 Å². The Balaban J connectivity index is 0.00000306. The fourth-order valence-electron chi connectivity index (χ4n) is 4.24. The van der Waals surface area contributed by atoms with Crippen molar-refractivity contribution < 1.29 is 9.84 Å². The lowest BCUT2D eigenvalue weighted by atomic mass is 9.91. The zero-order valence-corrected chi connectivity index (χ0v) is 20.9. The van der Waals surface area contributed by atoms with E-state index in [2.05, 4.69) is 39.3 Å². The van der Waals surface area contributed by atoms with Crippen molar-refractivity contribution in [2.75, 3.05) is 31.4 Å². The van der Waals surface area contributed by atoms with Gasteiger partial charge in [-0.2, -0.15) is 4.98 Å². The van der Waals surface area contributed by atoms with Gasteiger partial charge >= 0.3 is 0 Å². The van der Waals surface area contributed by atoms with Gasteiger partial charge in [0.2, 0.25) is 5.95 Å². The van der Waals surface area contributed by atoms with Crippen LogP contribution in [0.4, 0.5) is 11.8 Å². The Labute approximate surface area is 210 Å². The average Bonchev–Trinajstić information content (AvgIpc) is 2.80. The summed E-state index contributed by atoms with van der Waals surface area (Å²) in [6, 6.07) is 12.9. The van der Waals surface area contributed by atoms with Crippen molar-refractivity contribution in [2.24, 2.45) is 0 Å². The first-order chi connectivity index (χ1) is 15.4. The molecule has 1 aliphatic carbocycles. The van der Waals surface area contributed by atoms with E-state index in [0.717, 1.165) is 58.1 Å². The third kappa shape index (κ3) is 5.97. The SMILES string of the molecule is C.COc1cc(CNC2CCC(Nc3nc(N(C)C)c4ccccc4n3)CC2)cc(I)c1O. The fraction of sp³-hybridized carbons (Fsp3) is 0.440. The van der Waals surface area contributed by atoms with Crippen LogP contribution in [0.5, 0.6) is 11.5 Å². The van der Waals surface area contributed by atoms with E-state index < -0.39 is 0 Å². The first kappa shape index (κ1) is 25.3. The normalized spacial score (nSPS) is 17.9. The van der Waals surface area contributed by atoms with E-state index in [1.54, 1.807) is 7.11 Å². The maximum absolute atomic E-state index is 10.0. The number of aromatic nitrogens is 2. The molecule has 1 aliphatic rings. The number of ether oxygens (including phenoxy) is 1. The van der Waals surface area contributed by atoms with Crippen molar-refractivity contribution in [3.05, 3.63) is 45.5 Å². The van der Waals surface area contributed by atoms with Crippen molar-refractivity contribution in [1.29, 1.82) is 0 Å². The van der Waals surface area contributed by atoms with Gasteiger partial charge in [-0.1, -0.05) is 19.6 Å². The highest BCUT2D eigenvalue weighted by molar-refractivity contribution is 14.1. The van der Waals surface area contributed by atoms with E-state index in [1.165, 1.54) is 0 Å². The minimum Gasteiger partial charge on any atom is -0.504 e. The molecule has 0 saturated heterocycles. The number of anilines is 2. The molecule has 0 atom stereocenters. The Bertz CT molecular complexity index is 1080. The third-order valence-corrected chi connectivity index (χ3v) is 6.79. The number of nitrogens with zero attached hydrogens (tertiary/aromatic N) is 3. The summed E-state index contributed by atoms with van der Waals surface area (Å²) < 4.78 is 6.08. The largest absolute Gasteiger partial charge is 0.504 e. The second-order valence-corrected chi connectivity index (χ2v) is 9.65. The van der Waals surface area contributed by atoms with Gasteiger partial charge in [0.05, 0.1) is 16.2 Å². The molecular weight excluding hydrogens is 529 g/mol. The molecule has 2 aromatic carbocycles. The van der Waals surface area contributed by atoms with Gasteiger partial charge in [-0.3, -0.25) is 0 Å². The predicted molar refractivity (Wildman–Crippen MR) is 144 cm³/mol. The summed E-state index contributed by atoms with van der Waals surface area (Å²) in [6.45, 7) is 0.759. The van der Waals surface area contributed by atoms with Crippen molar-refractivity contribution in [3.8, 4) is 11.5 Å². The highest BCUT2D eigenvalue weighted by Gasteiger charge is 2.22. The molecule has 33 heavy (non-hydrogen) atoms. The maximum atomic E-state index is 10.0. The number of para-hydroxylation sites is 1. The van der Waals surface area contributed by atoms with Crippen molar-refractivity contribution >= 4 is 45.3 Å². The number of nitrogens with one attached hydrogen (secondary N) is 2. The second-order valence-electron chi connectivity index (χ2n) is 8.48. The van der Waals surface area contributed by atoms with E-state index in [1.807, 2.05) is 49.3 Å². The molecule has 1 aromatic heterocycles. The molecule has 0 unspecified atom stereocenters. The standard InChI is InChI=1S/C24H30IN5O2.CH4/c1-30(2)23-18-6-4-5-7-20(18)28-24(29-23)27-17-10-8-16(9-11-17)26-14-15-12-19(25)22(31)21(13-15)32-3;/h4-7,12-13,16-17,26,31H,8-11,14H2,1-3H3,(H,27,28,29);1H4. The Morgan fingerprint density at radius 3 is 2.48 bits per heavy atom. The van der Waals surface area contributed by atoms with Gasteiger partial charge in [0.1, 0.15) is 5.82 Å². The molecule has 0 bridgehead atoms. The molecule has 178 valence electrons. The molecule has 0 amide bonds. The molecule has 3 N–H and O–H groups in total. The van der Waals surface area contributed by atoms with Gasteiger partial charge in [0.15, 0.2) is 11.5 Å². The number of halogens is 1. The van der Waals surface area contributed by atoms with Crippen LogP contribution in [0.1, 0.15) is 38.7 Å². The number of hydrogen-bond acceptors (Lipinski definition) is 7. The van der Waals surface area contributed by atoms with Gasteiger partial charge < -0.3 is 25.4 Å². The Kier molecular flexibility index (Phi) is 8.58. The fourth-order valence-corrected chi connectivity index (χ4v) is 4.90. The van der Waals surface area contributed by atoms with E-state index in [9.17, 15) is 5.11 Å². The van der Waals surface area contributed by atoms with E-state index in [-0.39, 0.29) is 13.2 Å². The van der Waals surface area contributed by atoms with Crippen LogP contribution < -0.4 is 20.3 Å². The monoisotopic (exact) mass is 563 g/mol. The summed E-state index contributed by atoms with van der Waals surface area (Å²) in [6.07, 6.45) is 4.33.